The maximum Gasteiger partial charge on any atom is 0.201 e. The van der Waals surface area contributed by atoms with Crippen LogP contribution in [-0.2, 0) is 0 Å². The van der Waals surface area contributed by atoms with Gasteiger partial charge in [-0.1, -0.05) is 114 Å². The first-order valence-corrected chi connectivity index (χ1v) is 14.6. The summed E-state index contributed by atoms with van der Waals surface area (Å²) in [7, 11) is 0. The lowest BCUT2D eigenvalue weighted by molar-refractivity contribution is 0.289. The number of ether oxygens (including phenoxy) is 2. The molecule has 0 saturated carbocycles. The zero-order valence-electron chi connectivity index (χ0n) is 23.2. The van der Waals surface area contributed by atoms with Crippen LogP contribution in [0.2, 0.25) is 0 Å². The minimum Gasteiger partial charge on any atom is -0.494 e. The molecule has 0 radical (unpaired) electrons. The van der Waals surface area contributed by atoms with Gasteiger partial charge in [0, 0.05) is 5.56 Å². The van der Waals surface area contributed by atoms with E-state index in [0.717, 1.165) is 42.7 Å². The Morgan fingerprint density at radius 2 is 0.974 bits per heavy atom. The molecule has 0 aliphatic carbocycles. The van der Waals surface area contributed by atoms with Crippen LogP contribution in [0, 0.1) is 11.6 Å². The van der Waals surface area contributed by atoms with Crippen LogP contribution in [0.5, 0.6) is 11.5 Å². The fraction of sp³-hybridized carbons (Fsp3) is 0.471. The molecule has 0 fully saturated rings. The van der Waals surface area contributed by atoms with Crippen LogP contribution in [0.25, 0.3) is 22.3 Å². The van der Waals surface area contributed by atoms with Gasteiger partial charge in [0.1, 0.15) is 5.75 Å². The van der Waals surface area contributed by atoms with E-state index >= 15 is 0 Å². The highest BCUT2D eigenvalue weighted by atomic mass is 19.2. The Hall–Kier alpha value is -2.88. The Kier molecular flexibility index (Phi) is 13.2. The zero-order valence-corrected chi connectivity index (χ0v) is 23.2. The van der Waals surface area contributed by atoms with Crippen LogP contribution >= 0.6 is 0 Å². The lowest BCUT2D eigenvalue weighted by atomic mass is 9.99. The zero-order chi connectivity index (χ0) is 27.0. The van der Waals surface area contributed by atoms with Crippen molar-refractivity contribution >= 4 is 0 Å². The minimum absolute atomic E-state index is 0.0354. The van der Waals surface area contributed by atoms with Gasteiger partial charge < -0.3 is 9.47 Å². The van der Waals surface area contributed by atoms with Gasteiger partial charge in [0.05, 0.1) is 13.2 Å². The van der Waals surface area contributed by atoms with Crippen molar-refractivity contribution in [2.45, 2.75) is 90.9 Å². The van der Waals surface area contributed by atoms with E-state index in [1.807, 2.05) is 55.5 Å². The molecule has 0 atom stereocenters. The van der Waals surface area contributed by atoms with E-state index in [4.69, 9.17) is 9.47 Å². The molecular formula is C34H44F2O2. The SMILES string of the molecule is CCCCCCCCCCCCOc1ccc(-c2ccc(-c3ccc(OCCCC)c(F)c3F)cc2)cc1. The van der Waals surface area contributed by atoms with Gasteiger partial charge in [-0.15, -0.1) is 0 Å². The van der Waals surface area contributed by atoms with E-state index < -0.39 is 11.6 Å². The highest BCUT2D eigenvalue weighted by Crippen LogP contribution is 2.32. The third kappa shape index (κ3) is 9.45. The summed E-state index contributed by atoms with van der Waals surface area (Å²) in [6.45, 7) is 5.41. The van der Waals surface area contributed by atoms with Gasteiger partial charge in [-0.3, -0.25) is 0 Å². The van der Waals surface area contributed by atoms with Gasteiger partial charge in [0.15, 0.2) is 11.6 Å². The maximum absolute atomic E-state index is 14.7. The minimum atomic E-state index is -0.934. The first kappa shape index (κ1) is 29.7. The number of benzene rings is 3. The van der Waals surface area contributed by atoms with Gasteiger partial charge >= 0.3 is 0 Å². The fourth-order valence-electron chi connectivity index (χ4n) is 4.56. The van der Waals surface area contributed by atoms with Crippen molar-refractivity contribution in [1.82, 2.24) is 0 Å². The average Bonchev–Trinajstić information content (AvgIpc) is 2.95. The molecule has 3 aromatic carbocycles. The summed E-state index contributed by atoms with van der Waals surface area (Å²) < 4.78 is 40.5. The predicted molar refractivity (Wildman–Crippen MR) is 155 cm³/mol. The molecular weight excluding hydrogens is 478 g/mol. The third-order valence-electron chi connectivity index (χ3n) is 6.95. The Balaban J connectivity index is 1.43. The standard InChI is InChI=1S/C34H44F2O2/c1-3-5-7-8-9-10-11-12-13-14-26-37-30-21-19-28(20-22-30)27-15-17-29(18-16-27)31-23-24-32(34(36)33(31)35)38-25-6-4-2/h15-24H,3-14,25-26H2,1-2H3. The van der Waals surface area contributed by atoms with Gasteiger partial charge in [-0.05, 0) is 53.8 Å². The molecule has 3 rings (SSSR count). The summed E-state index contributed by atoms with van der Waals surface area (Å²) in [6.07, 6.45) is 14.9. The van der Waals surface area contributed by atoms with Crippen LogP contribution in [-0.4, -0.2) is 13.2 Å². The second-order valence-electron chi connectivity index (χ2n) is 10.1. The number of hydrogen-bond donors (Lipinski definition) is 0. The molecule has 4 heteroatoms. The fourth-order valence-corrected chi connectivity index (χ4v) is 4.56. The molecule has 0 aliphatic rings. The van der Waals surface area contributed by atoms with E-state index in [1.165, 1.54) is 63.9 Å². The summed E-state index contributed by atoms with van der Waals surface area (Å²) >= 11 is 0. The summed E-state index contributed by atoms with van der Waals surface area (Å²) in [6, 6.07) is 18.6. The second-order valence-corrected chi connectivity index (χ2v) is 10.1. The second kappa shape index (κ2) is 16.9. The van der Waals surface area contributed by atoms with Crippen LogP contribution in [0.4, 0.5) is 8.78 Å². The quantitative estimate of drug-likeness (QED) is 0.155. The molecule has 0 aliphatic heterocycles. The summed E-state index contributed by atoms with van der Waals surface area (Å²) in [5.74, 6) is -0.974. The lowest BCUT2D eigenvalue weighted by Gasteiger charge is -2.11. The van der Waals surface area contributed by atoms with Gasteiger partial charge in [0.2, 0.25) is 5.82 Å². The maximum atomic E-state index is 14.7. The summed E-state index contributed by atoms with van der Waals surface area (Å²) in [5.41, 5.74) is 2.92. The molecule has 0 bridgehead atoms. The van der Waals surface area contributed by atoms with Crippen molar-refractivity contribution < 1.29 is 18.3 Å². The van der Waals surface area contributed by atoms with Crippen molar-refractivity contribution in [2.24, 2.45) is 0 Å². The molecule has 3 aromatic rings. The van der Waals surface area contributed by atoms with E-state index in [-0.39, 0.29) is 11.3 Å². The largest absolute Gasteiger partial charge is 0.494 e. The van der Waals surface area contributed by atoms with E-state index in [9.17, 15) is 8.78 Å². The average molecular weight is 523 g/mol. The van der Waals surface area contributed by atoms with E-state index in [1.54, 1.807) is 6.07 Å². The van der Waals surface area contributed by atoms with Gasteiger partial charge in [0.25, 0.3) is 0 Å². The van der Waals surface area contributed by atoms with Crippen molar-refractivity contribution in [3.05, 3.63) is 72.3 Å². The van der Waals surface area contributed by atoms with Crippen molar-refractivity contribution in [3.63, 3.8) is 0 Å². The Morgan fingerprint density at radius 1 is 0.474 bits per heavy atom. The first-order chi connectivity index (χ1) is 18.6. The predicted octanol–water partition coefficient (Wildman–Crippen LogP) is 10.8. The summed E-state index contributed by atoms with van der Waals surface area (Å²) in [5, 5.41) is 0. The molecule has 0 aromatic heterocycles. The first-order valence-electron chi connectivity index (χ1n) is 14.6. The van der Waals surface area contributed by atoms with Crippen LogP contribution in [0.1, 0.15) is 90.9 Å². The number of hydrogen-bond acceptors (Lipinski definition) is 2. The monoisotopic (exact) mass is 522 g/mol. The topological polar surface area (TPSA) is 18.5 Å². The molecule has 0 amide bonds. The van der Waals surface area contributed by atoms with Gasteiger partial charge in [-0.25, -0.2) is 4.39 Å². The lowest BCUT2D eigenvalue weighted by Crippen LogP contribution is -2.01. The molecule has 2 nitrogen and oxygen atoms in total. The molecule has 0 heterocycles. The van der Waals surface area contributed by atoms with E-state index in [2.05, 4.69) is 6.92 Å². The third-order valence-corrected chi connectivity index (χ3v) is 6.95. The Morgan fingerprint density at radius 3 is 1.58 bits per heavy atom. The molecule has 0 saturated heterocycles. The molecule has 0 unspecified atom stereocenters. The van der Waals surface area contributed by atoms with Crippen LogP contribution in [0.3, 0.4) is 0 Å². The van der Waals surface area contributed by atoms with E-state index in [0.29, 0.717) is 12.2 Å². The van der Waals surface area contributed by atoms with Crippen molar-refractivity contribution in [2.75, 3.05) is 13.2 Å². The highest BCUT2D eigenvalue weighted by Gasteiger charge is 2.16. The molecule has 0 N–H and O–H groups in total. The number of halogens is 2. The smallest absolute Gasteiger partial charge is 0.201 e. The number of rotatable bonds is 18. The molecule has 38 heavy (non-hydrogen) atoms. The Labute approximate surface area is 228 Å². The van der Waals surface area contributed by atoms with Crippen molar-refractivity contribution in [1.29, 1.82) is 0 Å². The highest BCUT2D eigenvalue weighted by molar-refractivity contribution is 5.71. The van der Waals surface area contributed by atoms with Crippen LogP contribution < -0.4 is 9.47 Å². The van der Waals surface area contributed by atoms with Crippen LogP contribution in [0.15, 0.2) is 60.7 Å². The van der Waals surface area contributed by atoms with Gasteiger partial charge in [-0.2, -0.15) is 4.39 Å². The molecule has 206 valence electrons. The number of unbranched alkanes of at least 4 members (excludes halogenated alkanes) is 10. The summed E-state index contributed by atoms with van der Waals surface area (Å²) in [4.78, 5) is 0. The Bertz CT molecular complexity index is 1060. The normalized spacial score (nSPS) is 11.1. The molecule has 0 spiro atoms. The van der Waals surface area contributed by atoms with Crippen molar-refractivity contribution in [3.8, 4) is 33.8 Å².